The molecule has 0 fully saturated rings. The van der Waals surface area contributed by atoms with Gasteiger partial charge in [-0.25, -0.2) is 0 Å². The summed E-state index contributed by atoms with van der Waals surface area (Å²) >= 11 is 0. The van der Waals surface area contributed by atoms with E-state index in [-0.39, 0.29) is 13.0 Å². The third-order valence-electron chi connectivity index (χ3n) is 2.14. The summed E-state index contributed by atoms with van der Waals surface area (Å²) in [7, 11) is -4.51. The van der Waals surface area contributed by atoms with Crippen molar-refractivity contribution in [3.05, 3.63) is 0 Å². The van der Waals surface area contributed by atoms with Crippen LogP contribution in [0.25, 0.3) is 0 Å². The Bertz CT molecular complexity index is 279. The number of aliphatic hydroxyl groups excluding tert-OH is 4. The molecule has 0 aromatic carbocycles. The molecule has 0 radical (unpaired) electrons. The second-order valence-corrected chi connectivity index (χ2v) is 5.01. The van der Waals surface area contributed by atoms with Crippen LogP contribution in [-0.2, 0) is 10.1 Å². The minimum Gasteiger partial charge on any atom is -0.394 e. The third kappa shape index (κ3) is 4.70. The van der Waals surface area contributed by atoms with E-state index in [1.807, 2.05) is 0 Å². The topological polar surface area (TPSA) is 147 Å². The molecule has 0 bridgehead atoms. The lowest BCUT2D eigenvalue weighted by Crippen LogP contribution is -2.55. The van der Waals surface area contributed by atoms with Gasteiger partial charge in [0, 0.05) is 6.42 Å². The molecular weight excluding hydrogens is 242 g/mol. The van der Waals surface area contributed by atoms with Crippen molar-refractivity contribution < 1.29 is 33.4 Å². The van der Waals surface area contributed by atoms with Gasteiger partial charge < -0.3 is 25.7 Å². The maximum atomic E-state index is 10.4. The lowest BCUT2D eigenvalue weighted by molar-refractivity contribution is 0.0410. The molecule has 1 atom stereocenters. The molecular formula is C7H17NO7S. The van der Waals surface area contributed by atoms with Gasteiger partial charge in [-0.3, -0.25) is 4.55 Å². The van der Waals surface area contributed by atoms with E-state index < -0.39 is 40.9 Å². The Morgan fingerprint density at radius 1 is 1.12 bits per heavy atom. The first-order valence-corrected chi connectivity index (χ1v) is 6.03. The minimum absolute atomic E-state index is 0.108. The fraction of sp³-hybridized carbons (Fsp3) is 1.00. The third-order valence-corrected chi connectivity index (χ3v) is 3.07. The Kier molecular flexibility index (Phi) is 6.33. The highest BCUT2D eigenvalue weighted by Crippen LogP contribution is 2.04. The van der Waals surface area contributed by atoms with E-state index in [4.69, 9.17) is 25.0 Å². The maximum Gasteiger partial charge on any atom is 0.292 e. The maximum absolute atomic E-state index is 10.4. The summed E-state index contributed by atoms with van der Waals surface area (Å²) in [5, 5.41) is 38.1. The summed E-state index contributed by atoms with van der Waals surface area (Å²) < 4.78 is 29.3. The Balaban J connectivity index is 4.15. The van der Waals surface area contributed by atoms with E-state index in [0.29, 0.717) is 0 Å². The zero-order chi connectivity index (χ0) is 12.8. The van der Waals surface area contributed by atoms with Crippen molar-refractivity contribution in [3.63, 3.8) is 0 Å². The molecule has 6 N–H and O–H groups in total. The van der Waals surface area contributed by atoms with Gasteiger partial charge in [0.2, 0.25) is 0 Å². The van der Waals surface area contributed by atoms with Crippen molar-refractivity contribution >= 4 is 10.1 Å². The second-order valence-electron chi connectivity index (χ2n) is 3.44. The Morgan fingerprint density at radius 2 is 1.56 bits per heavy atom. The molecule has 0 spiro atoms. The van der Waals surface area contributed by atoms with Crippen LogP contribution in [0.15, 0.2) is 0 Å². The molecule has 0 aromatic heterocycles. The number of nitrogens with one attached hydrogen (secondary N) is 1. The molecule has 16 heavy (non-hydrogen) atoms. The van der Waals surface area contributed by atoms with Crippen molar-refractivity contribution in [1.29, 1.82) is 0 Å². The van der Waals surface area contributed by atoms with Crippen LogP contribution in [0.3, 0.4) is 0 Å². The Morgan fingerprint density at radius 3 is 1.88 bits per heavy atom. The first kappa shape index (κ1) is 15.7. The van der Waals surface area contributed by atoms with Gasteiger partial charge in [-0.1, -0.05) is 0 Å². The Hall–Kier alpha value is -0.290. The van der Waals surface area contributed by atoms with Gasteiger partial charge in [0.05, 0.1) is 25.4 Å². The normalized spacial score (nSPS) is 15.1. The molecule has 0 aromatic rings. The molecule has 8 nitrogen and oxygen atoms in total. The molecule has 0 aliphatic heterocycles. The lowest BCUT2D eigenvalue weighted by atomic mass is 10.0. The van der Waals surface area contributed by atoms with Crippen molar-refractivity contribution in [1.82, 2.24) is 5.32 Å². The Labute approximate surface area is 93.3 Å². The standard InChI is InChI=1S/C7H17NO7S/c9-3-7(4-10,5-11)8-2-1-6(12)16(13,14)15/h6,8-12H,1-5H2,(H,13,14,15). The van der Waals surface area contributed by atoms with Crippen LogP contribution in [0.1, 0.15) is 6.42 Å². The van der Waals surface area contributed by atoms with Gasteiger partial charge >= 0.3 is 0 Å². The first-order valence-electron chi connectivity index (χ1n) is 4.53. The molecule has 0 aliphatic rings. The average Bonchev–Trinajstić information content (AvgIpc) is 2.23. The van der Waals surface area contributed by atoms with Crippen LogP contribution >= 0.6 is 0 Å². The van der Waals surface area contributed by atoms with Crippen LogP contribution < -0.4 is 5.32 Å². The zero-order valence-corrected chi connectivity index (χ0v) is 9.39. The first-order chi connectivity index (χ1) is 7.31. The highest BCUT2D eigenvalue weighted by atomic mass is 32.2. The number of aliphatic hydroxyl groups is 4. The average molecular weight is 259 g/mol. The van der Waals surface area contributed by atoms with E-state index in [1.54, 1.807) is 0 Å². The molecule has 0 amide bonds. The highest BCUT2D eigenvalue weighted by molar-refractivity contribution is 7.86. The summed E-state index contributed by atoms with van der Waals surface area (Å²) in [5.41, 5.74) is -3.27. The van der Waals surface area contributed by atoms with Crippen molar-refractivity contribution in [2.24, 2.45) is 0 Å². The van der Waals surface area contributed by atoms with Gasteiger partial charge in [0.15, 0.2) is 5.44 Å². The van der Waals surface area contributed by atoms with Crippen LogP contribution in [0, 0.1) is 0 Å². The molecule has 9 heteroatoms. The molecule has 0 heterocycles. The van der Waals surface area contributed by atoms with E-state index in [0.717, 1.165) is 0 Å². The summed E-state index contributed by atoms with van der Waals surface area (Å²) in [6.45, 7) is -1.77. The summed E-state index contributed by atoms with van der Waals surface area (Å²) in [6.07, 6.45) is -0.333. The van der Waals surface area contributed by atoms with Crippen LogP contribution in [-0.4, -0.2) is 70.7 Å². The second kappa shape index (κ2) is 6.45. The predicted molar refractivity (Wildman–Crippen MR) is 54.2 cm³/mol. The van der Waals surface area contributed by atoms with E-state index in [1.165, 1.54) is 0 Å². The number of hydrogen-bond donors (Lipinski definition) is 6. The fourth-order valence-corrected chi connectivity index (χ4v) is 1.34. The molecule has 98 valence electrons. The molecule has 0 aliphatic carbocycles. The quantitative estimate of drug-likeness (QED) is 0.251. The fourth-order valence-electron chi connectivity index (χ4n) is 0.927. The smallest absolute Gasteiger partial charge is 0.292 e. The molecule has 0 saturated heterocycles. The number of rotatable bonds is 8. The van der Waals surface area contributed by atoms with Crippen LogP contribution in [0.5, 0.6) is 0 Å². The van der Waals surface area contributed by atoms with Gasteiger partial charge in [0.25, 0.3) is 10.1 Å². The highest BCUT2D eigenvalue weighted by Gasteiger charge is 2.28. The van der Waals surface area contributed by atoms with Gasteiger partial charge in [0.1, 0.15) is 0 Å². The van der Waals surface area contributed by atoms with E-state index in [2.05, 4.69) is 5.32 Å². The van der Waals surface area contributed by atoms with Crippen molar-refractivity contribution in [3.8, 4) is 0 Å². The summed E-state index contributed by atoms with van der Waals surface area (Å²) in [5.74, 6) is 0. The largest absolute Gasteiger partial charge is 0.394 e. The number of hydrogen-bond acceptors (Lipinski definition) is 7. The zero-order valence-electron chi connectivity index (χ0n) is 8.57. The van der Waals surface area contributed by atoms with E-state index >= 15 is 0 Å². The SMILES string of the molecule is O=S(=O)(O)C(O)CCNC(CO)(CO)CO. The van der Waals surface area contributed by atoms with E-state index in [9.17, 15) is 8.42 Å². The lowest BCUT2D eigenvalue weighted by Gasteiger charge is -2.29. The van der Waals surface area contributed by atoms with Gasteiger partial charge in [-0.05, 0) is 6.54 Å². The van der Waals surface area contributed by atoms with Crippen molar-refractivity contribution in [2.75, 3.05) is 26.4 Å². The summed E-state index contributed by atoms with van der Waals surface area (Å²) in [6, 6.07) is 0. The van der Waals surface area contributed by atoms with Crippen molar-refractivity contribution in [2.45, 2.75) is 17.4 Å². The molecule has 0 saturated carbocycles. The van der Waals surface area contributed by atoms with Gasteiger partial charge in [-0.15, -0.1) is 0 Å². The van der Waals surface area contributed by atoms with Gasteiger partial charge in [-0.2, -0.15) is 8.42 Å². The predicted octanol–water partition coefficient (Wildman–Crippen LogP) is -3.11. The summed E-state index contributed by atoms with van der Waals surface area (Å²) in [4.78, 5) is 0. The monoisotopic (exact) mass is 259 g/mol. The van der Waals surface area contributed by atoms with Crippen LogP contribution in [0.2, 0.25) is 0 Å². The minimum atomic E-state index is -4.51. The van der Waals surface area contributed by atoms with Crippen LogP contribution in [0.4, 0.5) is 0 Å². The molecule has 1 unspecified atom stereocenters. The molecule has 0 rings (SSSR count).